The van der Waals surface area contributed by atoms with Crippen LogP contribution in [-0.2, 0) is 6.54 Å². The fourth-order valence-corrected chi connectivity index (χ4v) is 2.64. The molecule has 0 aliphatic heterocycles. The molecular weight excluding hydrogens is 356 g/mol. The van der Waals surface area contributed by atoms with Crippen molar-refractivity contribution in [3.05, 3.63) is 61.5 Å². The van der Waals surface area contributed by atoms with E-state index in [0.29, 0.717) is 21.6 Å². The van der Waals surface area contributed by atoms with Crippen LogP contribution >= 0.6 is 50.7 Å². The predicted molar refractivity (Wildman–Crippen MR) is 82.9 cm³/mol. The normalized spacial score (nSPS) is 10.4. The molecule has 0 radical (unpaired) electrons. The van der Waals surface area contributed by atoms with Gasteiger partial charge in [-0.1, -0.05) is 62.9 Å². The number of anilines is 1. The van der Waals surface area contributed by atoms with Crippen LogP contribution in [0.2, 0.25) is 15.1 Å². The molecule has 1 nitrogen and oxygen atoms in total. The molecule has 0 aliphatic carbocycles. The van der Waals surface area contributed by atoms with Crippen molar-refractivity contribution in [2.75, 3.05) is 5.32 Å². The Bertz CT molecular complexity index is 572. The summed E-state index contributed by atoms with van der Waals surface area (Å²) in [5, 5.41) is 5.01. The van der Waals surface area contributed by atoms with Crippen molar-refractivity contribution in [3.8, 4) is 0 Å². The minimum absolute atomic E-state index is 0.554. The molecule has 0 heterocycles. The molecule has 2 aromatic carbocycles. The molecule has 94 valence electrons. The van der Waals surface area contributed by atoms with Crippen LogP contribution in [0.5, 0.6) is 0 Å². The zero-order chi connectivity index (χ0) is 13.1. The molecule has 0 fully saturated rings. The van der Waals surface area contributed by atoms with Gasteiger partial charge in [-0.15, -0.1) is 0 Å². The summed E-state index contributed by atoms with van der Waals surface area (Å²) >= 11 is 21.5. The third-order valence-corrected chi connectivity index (χ3v) is 4.10. The third kappa shape index (κ3) is 3.33. The van der Waals surface area contributed by atoms with E-state index >= 15 is 0 Å². The zero-order valence-corrected chi connectivity index (χ0v) is 13.0. The quantitative estimate of drug-likeness (QED) is 0.701. The fourth-order valence-electron chi connectivity index (χ4n) is 1.51. The average molecular weight is 365 g/mol. The fraction of sp³-hybridized carbons (Fsp3) is 0.0769. The highest BCUT2D eigenvalue weighted by molar-refractivity contribution is 9.10. The summed E-state index contributed by atoms with van der Waals surface area (Å²) in [5.74, 6) is 0. The molecule has 0 saturated heterocycles. The monoisotopic (exact) mass is 363 g/mol. The molecule has 2 aromatic rings. The Morgan fingerprint density at radius 1 is 1.00 bits per heavy atom. The van der Waals surface area contributed by atoms with Gasteiger partial charge < -0.3 is 5.32 Å². The molecule has 0 unspecified atom stereocenters. The second kappa shape index (κ2) is 6.16. The Morgan fingerprint density at radius 3 is 2.50 bits per heavy atom. The van der Waals surface area contributed by atoms with Gasteiger partial charge in [-0.2, -0.15) is 0 Å². The minimum Gasteiger partial charge on any atom is -0.380 e. The second-order valence-corrected chi connectivity index (χ2v) is 5.80. The first-order valence-corrected chi connectivity index (χ1v) is 7.12. The van der Waals surface area contributed by atoms with Crippen LogP contribution in [0, 0.1) is 0 Å². The van der Waals surface area contributed by atoms with Crippen molar-refractivity contribution < 1.29 is 0 Å². The molecule has 0 saturated carbocycles. The third-order valence-electron chi connectivity index (χ3n) is 2.43. The Balaban J connectivity index is 2.14. The molecule has 0 atom stereocenters. The van der Waals surface area contributed by atoms with E-state index in [4.69, 9.17) is 34.8 Å². The second-order valence-electron chi connectivity index (χ2n) is 3.69. The lowest BCUT2D eigenvalue weighted by molar-refractivity contribution is 1.15. The number of rotatable bonds is 3. The van der Waals surface area contributed by atoms with E-state index in [1.165, 1.54) is 0 Å². The van der Waals surface area contributed by atoms with Crippen molar-refractivity contribution in [3.63, 3.8) is 0 Å². The molecule has 2 rings (SSSR count). The van der Waals surface area contributed by atoms with Crippen LogP contribution < -0.4 is 5.32 Å². The number of hydrogen-bond donors (Lipinski definition) is 1. The summed E-state index contributed by atoms with van der Waals surface area (Å²) in [5.41, 5.74) is 1.79. The van der Waals surface area contributed by atoms with E-state index in [1.54, 1.807) is 6.07 Å². The maximum absolute atomic E-state index is 6.12. The van der Waals surface area contributed by atoms with Gasteiger partial charge in [0, 0.05) is 11.0 Å². The SMILES string of the molecule is Clc1cc(Br)ccc1NCc1cccc(Cl)c1Cl. The van der Waals surface area contributed by atoms with Gasteiger partial charge in [0.2, 0.25) is 0 Å². The molecule has 5 heteroatoms. The van der Waals surface area contributed by atoms with Gasteiger partial charge in [0.15, 0.2) is 0 Å². The molecule has 0 aliphatic rings. The summed E-state index contributed by atoms with van der Waals surface area (Å²) in [4.78, 5) is 0. The largest absolute Gasteiger partial charge is 0.380 e. The molecule has 1 N–H and O–H groups in total. The smallest absolute Gasteiger partial charge is 0.0648 e. The van der Waals surface area contributed by atoms with Gasteiger partial charge in [-0.3, -0.25) is 0 Å². The van der Waals surface area contributed by atoms with Gasteiger partial charge in [-0.05, 0) is 29.8 Å². The lowest BCUT2D eigenvalue weighted by atomic mass is 10.2. The molecule has 18 heavy (non-hydrogen) atoms. The first-order chi connectivity index (χ1) is 8.58. The standard InChI is InChI=1S/C13H9BrCl3N/c14-9-4-5-12(11(16)6-9)18-7-8-2-1-3-10(15)13(8)17/h1-6,18H,7H2. The van der Waals surface area contributed by atoms with Crippen molar-refractivity contribution in [2.24, 2.45) is 0 Å². The van der Waals surface area contributed by atoms with E-state index in [0.717, 1.165) is 15.7 Å². The number of nitrogens with one attached hydrogen (secondary N) is 1. The van der Waals surface area contributed by atoms with E-state index in [9.17, 15) is 0 Å². The summed E-state index contributed by atoms with van der Waals surface area (Å²) in [6, 6.07) is 11.2. The highest BCUT2D eigenvalue weighted by Crippen LogP contribution is 2.29. The highest BCUT2D eigenvalue weighted by Gasteiger charge is 2.05. The van der Waals surface area contributed by atoms with Crippen LogP contribution in [-0.4, -0.2) is 0 Å². The van der Waals surface area contributed by atoms with Crippen molar-refractivity contribution in [1.82, 2.24) is 0 Å². The maximum atomic E-state index is 6.12. The lowest BCUT2D eigenvalue weighted by Crippen LogP contribution is -2.00. The van der Waals surface area contributed by atoms with Gasteiger partial charge in [0.1, 0.15) is 0 Å². The zero-order valence-electron chi connectivity index (χ0n) is 9.18. The van der Waals surface area contributed by atoms with Gasteiger partial charge in [0.25, 0.3) is 0 Å². The van der Waals surface area contributed by atoms with Crippen LogP contribution in [0.25, 0.3) is 0 Å². The predicted octanol–water partition coefficient (Wildman–Crippen LogP) is 6.02. The van der Waals surface area contributed by atoms with E-state index in [1.807, 2.05) is 30.3 Å². The first kappa shape index (κ1) is 14.0. The average Bonchev–Trinajstić information content (AvgIpc) is 2.33. The molecule has 0 aromatic heterocycles. The Hall–Kier alpha value is -0.410. The van der Waals surface area contributed by atoms with Gasteiger partial charge >= 0.3 is 0 Å². The highest BCUT2D eigenvalue weighted by atomic mass is 79.9. The topological polar surface area (TPSA) is 12.0 Å². The maximum Gasteiger partial charge on any atom is 0.0648 e. The van der Waals surface area contributed by atoms with Crippen LogP contribution in [0.4, 0.5) is 5.69 Å². The summed E-state index contributed by atoms with van der Waals surface area (Å²) in [7, 11) is 0. The van der Waals surface area contributed by atoms with Gasteiger partial charge in [0.05, 0.1) is 20.8 Å². The van der Waals surface area contributed by atoms with E-state index in [-0.39, 0.29) is 0 Å². The number of benzene rings is 2. The molecule has 0 amide bonds. The minimum atomic E-state index is 0.554. The van der Waals surface area contributed by atoms with Crippen molar-refractivity contribution in [2.45, 2.75) is 6.54 Å². The van der Waals surface area contributed by atoms with Crippen LogP contribution in [0.15, 0.2) is 40.9 Å². The first-order valence-electron chi connectivity index (χ1n) is 5.20. The summed E-state index contributed by atoms with van der Waals surface area (Å²) in [6.45, 7) is 0.570. The van der Waals surface area contributed by atoms with Gasteiger partial charge in [-0.25, -0.2) is 0 Å². The summed E-state index contributed by atoms with van der Waals surface area (Å²) in [6.07, 6.45) is 0. The van der Waals surface area contributed by atoms with Crippen LogP contribution in [0.1, 0.15) is 5.56 Å². The molecule has 0 spiro atoms. The molecule has 0 bridgehead atoms. The summed E-state index contributed by atoms with van der Waals surface area (Å²) < 4.78 is 0.943. The Labute approximate surface area is 129 Å². The Morgan fingerprint density at radius 2 is 1.78 bits per heavy atom. The lowest BCUT2D eigenvalue weighted by Gasteiger charge is -2.10. The number of halogens is 4. The Kier molecular flexibility index (Phi) is 4.79. The van der Waals surface area contributed by atoms with E-state index < -0.39 is 0 Å². The van der Waals surface area contributed by atoms with Crippen molar-refractivity contribution >= 4 is 56.4 Å². The molecular formula is C13H9BrCl3N. The van der Waals surface area contributed by atoms with Crippen molar-refractivity contribution in [1.29, 1.82) is 0 Å². The number of hydrogen-bond acceptors (Lipinski definition) is 1. The van der Waals surface area contributed by atoms with E-state index in [2.05, 4.69) is 21.2 Å². The van der Waals surface area contributed by atoms with Crippen LogP contribution in [0.3, 0.4) is 0 Å².